The summed E-state index contributed by atoms with van der Waals surface area (Å²) in [4.78, 5) is 14.2. The van der Waals surface area contributed by atoms with Gasteiger partial charge >= 0.3 is 0 Å². The minimum atomic E-state index is -0.211. The van der Waals surface area contributed by atoms with Gasteiger partial charge in [0.25, 0.3) is 0 Å². The molecule has 1 aliphatic rings. The van der Waals surface area contributed by atoms with Crippen LogP contribution in [0.25, 0.3) is 0 Å². The second kappa shape index (κ2) is 7.03. The number of aliphatic hydroxyl groups is 1. The number of ether oxygens (including phenoxy) is 1. The predicted molar refractivity (Wildman–Crippen MR) is 93.3 cm³/mol. The number of hydrogen-bond donors (Lipinski definition) is 2. The molecule has 0 radical (unpaired) electrons. The lowest BCUT2D eigenvalue weighted by atomic mass is 10.2. The average Bonchev–Trinajstić information content (AvgIpc) is 3.39. The van der Waals surface area contributed by atoms with Crippen molar-refractivity contribution >= 4 is 11.6 Å². The van der Waals surface area contributed by atoms with E-state index in [2.05, 4.69) is 5.32 Å². The number of nitrogens with zero attached hydrogens (tertiary/aromatic N) is 1. The molecule has 24 heavy (non-hydrogen) atoms. The predicted octanol–water partition coefficient (Wildman–Crippen LogP) is 2.87. The summed E-state index contributed by atoms with van der Waals surface area (Å²) in [5.74, 6) is 1.19. The molecule has 0 spiro atoms. The molecular weight excluding hydrogens is 304 g/mol. The fourth-order valence-corrected chi connectivity index (χ4v) is 2.65. The van der Waals surface area contributed by atoms with Crippen molar-refractivity contribution in [3.8, 4) is 11.5 Å². The maximum absolute atomic E-state index is 12.3. The van der Waals surface area contributed by atoms with Crippen LogP contribution in [0.15, 0.2) is 54.6 Å². The van der Waals surface area contributed by atoms with Gasteiger partial charge in [-0.2, -0.15) is 0 Å². The third kappa shape index (κ3) is 3.75. The van der Waals surface area contributed by atoms with Gasteiger partial charge in [0.15, 0.2) is 5.75 Å². The van der Waals surface area contributed by atoms with Crippen molar-refractivity contribution in [2.75, 3.05) is 25.5 Å². The summed E-state index contributed by atoms with van der Waals surface area (Å²) < 4.78 is 5.85. The molecule has 2 aromatic carbocycles. The number of para-hydroxylation sites is 3. The van der Waals surface area contributed by atoms with Crippen molar-refractivity contribution in [3.63, 3.8) is 0 Å². The number of benzene rings is 2. The van der Waals surface area contributed by atoms with E-state index in [1.165, 1.54) is 0 Å². The summed E-state index contributed by atoms with van der Waals surface area (Å²) >= 11 is 0. The molecule has 2 N–H and O–H groups in total. The molecule has 0 aliphatic heterocycles. The zero-order valence-corrected chi connectivity index (χ0v) is 13.7. The number of carbonyl (C=O) groups is 1. The molecule has 0 heterocycles. The van der Waals surface area contributed by atoms with Crippen molar-refractivity contribution in [1.29, 1.82) is 0 Å². The van der Waals surface area contributed by atoms with E-state index in [0.717, 1.165) is 12.8 Å². The SMILES string of the molecule is CN(CC(=O)Nc1ccccc1Oc1ccccc1)C1(CO)CC1. The van der Waals surface area contributed by atoms with Crippen LogP contribution >= 0.6 is 0 Å². The largest absolute Gasteiger partial charge is 0.455 e. The number of nitrogens with one attached hydrogen (secondary N) is 1. The van der Waals surface area contributed by atoms with Gasteiger partial charge in [-0.05, 0) is 44.2 Å². The van der Waals surface area contributed by atoms with E-state index in [4.69, 9.17) is 4.74 Å². The van der Waals surface area contributed by atoms with E-state index in [1.54, 1.807) is 0 Å². The van der Waals surface area contributed by atoms with Gasteiger partial charge in [0.05, 0.1) is 18.8 Å². The summed E-state index contributed by atoms with van der Waals surface area (Å²) in [6.07, 6.45) is 1.86. The Morgan fingerprint density at radius 1 is 1.17 bits per heavy atom. The summed E-state index contributed by atoms with van der Waals surface area (Å²) in [7, 11) is 1.87. The second-order valence-electron chi connectivity index (χ2n) is 6.20. The molecule has 5 nitrogen and oxygen atoms in total. The van der Waals surface area contributed by atoms with Gasteiger partial charge in [0, 0.05) is 5.54 Å². The molecule has 0 saturated heterocycles. The monoisotopic (exact) mass is 326 g/mol. The second-order valence-corrected chi connectivity index (χ2v) is 6.20. The zero-order valence-electron chi connectivity index (χ0n) is 13.7. The summed E-state index contributed by atoms with van der Waals surface area (Å²) in [5.41, 5.74) is 0.422. The van der Waals surface area contributed by atoms with Crippen LogP contribution in [0.1, 0.15) is 12.8 Å². The molecule has 0 unspecified atom stereocenters. The lowest BCUT2D eigenvalue weighted by Crippen LogP contribution is -2.41. The van der Waals surface area contributed by atoms with E-state index in [-0.39, 0.29) is 24.6 Å². The molecule has 1 amide bonds. The lowest BCUT2D eigenvalue weighted by Gasteiger charge is -2.25. The molecule has 126 valence electrons. The van der Waals surface area contributed by atoms with Crippen LogP contribution in [0.2, 0.25) is 0 Å². The quantitative estimate of drug-likeness (QED) is 0.821. The topological polar surface area (TPSA) is 61.8 Å². The van der Waals surface area contributed by atoms with Crippen molar-refractivity contribution in [3.05, 3.63) is 54.6 Å². The van der Waals surface area contributed by atoms with Crippen molar-refractivity contribution in [1.82, 2.24) is 4.90 Å². The molecule has 3 rings (SSSR count). The molecule has 1 fully saturated rings. The van der Waals surface area contributed by atoms with Crippen LogP contribution in [0, 0.1) is 0 Å². The molecule has 2 aromatic rings. The summed E-state index contributed by atoms with van der Waals surface area (Å²) in [6, 6.07) is 16.8. The normalized spacial score (nSPS) is 15.1. The Bertz CT molecular complexity index is 699. The van der Waals surface area contributed by atoms with Crippen LogP contribution in [-0.4, -0.2) is 41.7 Å². The Morgan fingerprint density at radius 2 is 1.83 bits per heavy atom. The van der Waals surface area contributed by atoms with E-state index in [1.807, 2.05) is 66.5 Å². The first-order valence-corrected chi connectivity index (χ1v) is 8.07. The fourth-order valence-electron chi connectivity index (χ4n) is 2.65. The summed E-state index contributed by atoms with van der Waals surface area (Å²) in [6.45, 7) is 0.324. The highest BCUT2D eigenvalue weighted by molar-refractivity contribution is 5.93. The van der Waals surface area contributed by atoms with Gasteiger partial charge < -0.3 is 15.2 Å². The highest BCUT2D eigenvalue weighted by Gasteiger charge is 2.46. The van der Waals surface area contributed by atoms with E-state index in [0.29, 0.717) is 17.2 Å². The van der Waals surface area contributed by atoms with Crippen molar-refractivity contribution in [2.24, 2.45) is 0 Å². The number of carbonyl (C=O) groups excluding carboxylic acids is 1. The third-order valence-electron chi connectivity index (χ3n) is 4.44. The first kappa shape index (κ1) is 16.5. The fraction of sp³-hybridized carbons (Fsp3) is 0.316. The average molecular weight is 326 g/mol. The number of anilines is 1. The minimum absolute atomic E-state index is 0.0878. The smallest absolute Gasteiger partial charge is 0.238 e. The molecule has 0 aromatic heterocycles. The van der Waals surface area contributed by atoms with E-state index >= 15 is 0 Å². The number of aliphatic hydroxyl groups excluding tert-OH is 1. The molecular formula is C19H22N2O3. The number of likely N-dealkylation sites (N-methyl/N-ethyl adjacent to an activating group) is 1. The van der Waals surface area contributed by atoms with Crippen molar-refractivity contribution < 1.29 is 14.6 Å². The zero-order chi connectivity index (χ0) is 17.0. The van der Waals surface area contributed by atoms with Gasteiger partial charge in [0.2, 0.25) is 5.91 Å². The highest BCUT2D eigenvalue weighted by atomic mass is 16.5. The first-order valence-electron chi connectivity index (χ1n) is 8.07. The highest BCUT2D eigenvalue weighted by Crippen LogP contribution is 2.40. The van der Waals surface area contributed by atoms with Crippen LogP contribution in [0.5, 0.6) is 11.5 Å². The van der Waals surface area contributed by atoms with Crippen LogP contribution in [0.4, 0.5) is 5.69 Å². The first-order chi connectivity index (χ1) is 11.6. The molecule has 1 aliphatic carbocycles. The number of hydrogen-bond acceptors (Lipinski definition) is 4. The molecule has 0 atom stereocenters. The Kier molecular flexibility index (Phi) is 4.83. The standard InChI is InChI=1S/C19H22N2O3/c1-21(19(14-22)11-12-19)13-18(23)20-16-9-5-6-10-17(16)24-15-7-3-2-4-8-15/h2-10,22H,11-14H2,1H3,(H,20,23). The van der Waals surface area contributed by atoms with E-state index in [9.17, 15) is 9.90 Å². The van der Waals surface area contributed by atoms with E-state index < -0.39 is 0 Å². The van der Waals surface area contributed by atoms with Gasteiger partial charge in [-0.15, -0.1) is 0 Å². The summed E-state index contributed by atoms with van der Waals surface area (Å²) in [5, 5.41) is 12.3. The van der Waals surface area contributed by atoms with Crippen LogP contribution in [0.3, 0.4) is 0 Å². The number of rotatable bonds is 7. The van der Waals surface area contributed by atoms with Crippen LogP contribution < -0.4 is 10.1 Å². The molecule has 1 saturated carbocycles. The van der Waals surface area contributed by atoms with Gasteiger partial charge in [-0.1, -0.05) is 30.3 Å². The van der Waals surface area contributed by atoms with Crippen LogP contribution in [-0.2, 0) is 4.79 Å². The Hall–Kier alpha value is -2.37. The Labute approximate surface area is 141 Å². The maximum Gasteiger partial charge on any atom is 0.238 e. The maximum atomic E-state index is 12.3. The number of amides is 1. The molecule has 0 bridgehead atoms. The van der Waals surface area contributed by atoms with Gasteiger partial charge in [0.1, 0.15) is 5.75 Å². The van der Waals surface area contributed by atoms with Gasteiger partial charge in [-0.3, -0.25) is 9.69 Å². The van der Waals surface area contributed by atoms with Gasteiger partial charge in [-0.25, -0.2) is 0 Å². The molecule has 5 heteroatoms. The Morgan fingerprint density at radius 3 is 2.50 bits per heavy atom. The van der Waals surface area contributed by atoms with Crippen molar-refractivity contribution in [2.45, 2.75) is 18.4 Å². The third-order valence-corrected chi connectivity index (χ3v) is 4.44. The Balaban J connectivity index is 1.65. The minimum Gasteiger partial charge on any atom is -0.455 e. The lowest BCUT2D eigenvalue weighted by molar-refractivity contribution is -0.117.